The molecule has 0 amide bonds. The van der Waals surface area contributed by atoms with E-state index < -0.39 is 12.8 Å². The van der Waals surface area contributed by atoms with E-state index in [0.29, 0.717) is 0 Å². The summed E-state index contributed by atoms with van der Waals surface area (Å²) < 4.78 is 41.9. The van der Waals surface area contributed by atoms with Gasteiger partial charge in [0.2, 0.25) is 0 Å². The highest BCUT2D eigenvalue weighted by Gasteiger charge is 2.28. The normalized spacial score (nSPS) is 15.7. The molecule has 4 rings (SSSR count). The first-order valence-electron chi connectivity index (χ1n) is 9.70. The molecule has 30 heavy (non-hydrogen) atoms. The van der Waals surface area contributed by atoms with E-state index in [1.165, 1.54) is 11.1 Å². The largest absolute Gasteiger partial charge is 0.484 e. The fourth-order valence-corrected chi connectivity index (χ4v) is 3.69. The van der Waals surface area contributed by atoms with Gasteiger partial charge in [0.05, 0.1) is 11.7 Å². The average molecular weight is 413 g/mol. The third kappa shape index (κ3) is 4.74. The van der Waals surface area contributed by atoms with Gasteiger partial charge in [-0.15, -0.1) is 0 Å². The van der Waals surface area contributed by atoms with E-state index in [4.69, 9.17) is 4.74 Å². The highest BCUT2D eigenvalue weighted by Crippen LogP contribution is 2.33. The zero-order chi connectivity index (χ0) is 21.1. The Bertz CT molecular complexity index is 1020. The molecule has 0 saturated heterocycles. The van der Waals surface area contributed by atoms with Crippen LogP contribution >= 0.6 is 0 Å². The maximum absolute atomic E-state index is 12.4. The summed E-state index contributed by atoms with van der Waals surface area (Å²) in [5.74, 6) is 0.220. The van der Waals surface area contributed by atoms with Crippen molar-refractivity contribution in [3.63, 3.8) is 0 Å². The minimum absolute atomic E-state index is 0.202. The fourth-order valence-electron chi connectivity index (χ4n) is 3.69. The summed E-state index contributed by atoms with van der Waals surface area (Å²) >= 11 is 0. The number of aromatic nitrogens is 1. The number of fused-ring (bicyclic) bond motifs is 1. The molecule has 0 aliphatic carbocycles. The van der Waals surface area contributed by atoms with Gasteiger partial charge < -0.3 is 15.4 Å². The molecule has 0 radical (unpaired) electrons. The Labute approximate surface area is 173 Å². The number of nitrogens with one attached hydrogen (secondary N) is 2. The van der Waals surface area contributed by atoms with Crippen LogP contribution in [0.2, 0.25) is 0 Å². The molecule has 156 valence electrons. The van der Waals surface area contributed by atoms with Crippen LogP contribution < -0.4 is 15.4 Å². The molecule has 2 heterocycles. The molecule has 0 spiro atoms. The molecule has 2 N–H and O–H groups in total. The van der Waals surface area contributed by atoms with Gasteiger partial charge in [-0.05, 0) is 65.1 Å². The second kappa shape index (κ2) is 8.36. The second-order valence-corrected chi connectivity index (χ2v) is 7.35. The van der Waals surface area contributed by atoms with Crippen molar-refractivity contribution < 1.29 is 17.9 Å². The van der Waals surface area contributed by atoms with Crippen LogP contribution in [0.1, 0.15) is 22.7 Å². The van der Waals surface area contributed by atoms with Crippen molar-refractivity contribution in [2.24, 2.45) is 0 Å². The van der Waals surface area contributed by atoms with E-state index in [1.807, 2.05) is 25.1 Å². The third-order valence-electron chi connectivity index (χ3n) is 5.14. The summed E-state index contributed by atoms with van der Waals surface area (Å²) in [6.45, 7) is 2.11. The standard InChI is InChI=1S/C23H22F3N3O/c1-15-9-19(30-14-23(24,25)26)5-7-20(15)16-4-6-21-17(10-16)11-29-22(21)13-28-18-3-2-8-27-12-18/h2-10,12,22,28-29H,11,13-14H2,1H3/t22-/m1/s1. The lowest BCUT2D eigenvalue weighted by atomic mass is 9.95. The number of alkyl halides is 3. The summed E-state index contributed by atoms with van der Waals surface area (Å²) in [5, 5.41) is 6.91. The molecule has 7 heteroatoms. The van der Waals surface area contributed by atoms with Crippen LogP contribution in [0.3, 0.4) is 0 Å². The Morgan fingerprint density at radius 3 is 2.77 bits per heavy atom. The molecule has 4 nitrogen and oxygen atoms in total. The Kier molecular flexibility index (Phi) is 5.63. The number of pyridine rings is 1. The van der Waals surface area contributed by atoms with Gasteiger partial charge in [0.25, 0.3) is 0 Å². The summed E-state index contributed by atoms with van der Waals surface area (Å²) in [5.41, 5.74) is 6.34. The minimum atomic E-state index is -4.35. The Morgan fingerprint density at radius 1 is 1.17 bits per heavy atom. The summed E-state index contributed by atoms with van der Waals surface area (Å²) in [6.07, 6.45) is -0.807. The lowest BCUT2D eigenvalue weighted by molar-refractivity contribution is -0.153. The molecule has 2 aromatic carbocycles. The van der Waals surface area contributed by atoms with Crippen molar-refractivity contribution >= 4 is 5.69 Å². The average Bonchev–Trinajstić information content (AvgIpc) is 3.13. The van der Waals surface area contributed by atoms with Crippen molar-refractivity contribution in [3.05, 3.63) is 77.6 Å². The fraction of sp³-hybridized carbons (Fsp3) is 0.261. The summed E-state index contributed by atoms with van der Waals surface area (Å²) in [6, 6.07) is 15.4. The smallest absolute Gasteiger partial charge is 0.422 e. The SMILES string of the molecule is Cc1cc(OCC(F)(F)F)ccc1-c1ccc2c(c1)CN[C@@H]2CNc1cccnc1. The van der Waals surface area contributed by atoms with Crippen LogP contribution in [0, 0.1) is 6.92 Å². The monoisotopic (exact) mass is 413 g/mol. The molecule has 1 atom stereocenters. The number of ether oxygens (including phenoxy) is 1. The molecule has 3 aromatic rings. The first-order valence-corrected chi connectivity index (χ1v) is 9.70. The van der Waals surface area contributed by atoms with Gasteiger partial charge in [0, 0.05) is 25.5 Å². The second-order valence-electron chi connectivity index (χ2n) is 7.35. The molecule has 1 aliphatic heterocycles. The molecule has 1 aromatic heterocycles. The van der Waals surface area contributed by atoms with Crippen LogP contribution in [0.25, 0.3) is 11.1 Å². The number of aryl methyl sites for hydroxylation is 1. The molecular formula is C23H22F3N3O. The topological polar surface area (TPSA) is 46.2 Å². The van der Waals surface area contributed by atoms with E-state index in [-0.39, 0.29) is 11.8 Å². The van der Waals surface area contributed by atoms with E-state index in [9.17, 15) is 13.2 Å². The van der Waals surface area contributed by atoms with Crippen LogP contribution in [0.4, 0.5) is 18.9 Å². The van der Waals surface area contributed by atoms with Crippen molar-refractivity contribution in [3.8, 4) is 16.9 Å². The van der Waals surface area contributed by atoms with E-state index in [2.05, 4.69) is 33.8 Å². The van der Waals surface area contributed by atoms with Gasteiger partial charge >= 0.3 is 6.18 Å². The van der Waals surface area contributed by atoms with Gasteiger partial charge in [0.1, 0.15) is 5.75 Å². The molecule has 0 unspecified atom stereocenters. The van der Waals surface area contributed by atoms with E-state index >= 15 is 0 Å². The van der Waals surface area contributed by atoms with Crippen LogP contribution in [0.5, 0.6) is 5.75 Å². The molecule has 1 aliphatic rings. The van der Waals surface area contributed by atoms with E-state index in [1.54, 1.807) is 24.5 Å². The minimum Gasteiger partial charge on any atom is -0.484 e. The Hall–Kier alpha value is -3.06. The summed E-state index contributed by atoms with van der Waals surface area (Å²) in [7, 11) is 0. The summed E-state index contributed by atoms with van der Waals surface area (Å²) in [4.78, 5) is 4.11. The molecular weight excluding hydrogens is 391 g/mol. The van der Waals surface area contributed by atoms with Crippen molar-refractivity contribution in [1.82, 2.24) is 10.3 Å². The zero-order valence-electron chi connectivity index (χ0n) is 16.5. The first-order chi connectivity index (χ1) is 14.4. The quantitative estimate of drug-likeness (QED) is 0.579. The number of halogens is 3. The van der Waals surface area contributed by atoms with Crippen LogP contribution in [-0.2, 0) is 6.54 Å². The van der Waals surface area contributed by atoms with Crippen molar-refractivity contribution in [2.75, 3.05) is 18.5 Å². The molecule has 0 saturated carbocycles. The number of nitrogens with zero attached hydrogens (tertiary/aromatic N) is 1. The highest BCUT2D eigenvalue weighted by atomic mass is 19.4. The maximum atomic E-state index is 12.4. The Morgan fingerprint density at radius 2 is 2.03 bits per heavy atom. The van der Waals surface area contributed by atoms with E-state index in [0.717, 1.165) is 35.5 Å². The number of benzene rings is 2. The van der Waals surface area contributed by atoms with Gasteiger partial charge in [-0.3, -0.25) is 4.98 Å². The third-order valence-corrected chi connectivity index (χ3v) is 5.14. The van der Waals surface area contributed by atoms with Crippen molar-refractivity contribution in [2.45, 2.75) is 25.7 Å². The number of hydrogen-bond acceptors (Lipinski definition) is 4. The molecule has 0 bridgehead atoms. The Balaban J connectivity index is 1.47. The van der Waals surface area contributed by atoms with Crippen molar-refractivity contribution in [1.29, 1.82) is 0 Å². The number of anilines is 1. The van der Waals surface area contributed by atoms with Gasteiger partial charge in [-0.1, -0.05) is 18.2 Å². The van der Waals surface area contributed by atoms with Crippen LogP contribution in [0.15, 0.2) is 60.9 Å². The molecule has 0 fully saturated rings. The number of rotatable bonds is 6. The van der Waals surface area contributed by atoms with Gasteiger partial charge in [0.15, 0.2) is 6.61 Å². The predicted octanol–water partition coefficient (Wildman–Crippen LogP) is 5.25. The highest BCUT2D eigenvalue weighted by molar-refractivity contribution is 5.69. The van der Waals surface area contributed by atoms with Gasteiger partial charge in [-0.25, -0.2) is 0 Å². The number of hydrogen-bond donors (Lipinski definition) is 2. The lowest BCUT2D eigenvalue weighted by Gasteiger charge is -2.15. The predicted molar refractivity (Wildman–Crippen MR) is 110 cm³/mol. The lowest BCUT2D eigenvalue weighted by Crippen LogP contribution is -2.21. The van der Waals surface area contributed by atoms with Crippen LogP contribution in [-0.4, -0.2) is 24.3 Å². The van der Waals surface area contributed by atoms with Gasteiger partial charge in [-0.2, -0.15) is 13.2 Å². The maximum Gasteiger partial charge on any atom is 0.422 e. The zero-order valence-corrected chi connectivity index (χ0v) is 16.5. The first kappa shape index (κ1) is 20.2.